The number of halogens is 2. The molecule has 0 saturated heterocycles. The van der Waals surface area contributed by atoms with E-state index in [0.29, 0.717) is 23.7 Å². The van der Waals surface area contributed by atoms with Crippen molar-refractivity contribution in [1.29, 1.82) is 0 Å². The molecule has 0 spiro atoms. The maximum atomic E-state index is 12.4. The molecule has 3 aromatic rings. The third-order valence-corrected chi connectivity index (χ3v) is 3.12. The van der Waals surface area contributed by atoms with Gasteiger partial charge in [-0.05, 0) is 24.1 Å². The molecule has 0 bridgehead atoms. The Morgan fingerprint density at radius 3 is 2.73 bits per heavy atom. The van der Waals surface area contributed by atoms with Crippen molar-refractivity contribution in [3.8, 4) is 11.4 Å². The second kappa shape index (κ2) is 6.00. The Hall–Kier alpha value is -2.64. The lowest BCUT2D eigenvalue weighted by Gasteiger charge is -1.98. The molecule has 0 fully saturated rings. The predicted molar refractivity (Wildman–Crippen MR) is 73.1 cm³/mol. The molecule has 0 unspecified atom stereocenters. The van der Waals surface area contributed by atoms with Crippen molar-refractivity contribution in [3.63, 3.8) is 0 Å². The molecule has 0 saturated carbocycles. The molecular formula is C14H13F2N5O. The highest BCUT2D eigenvalue weighted by Gasteiger charge is 2.12. The summed E-state index contributed by atoms with van der Waals surface area (Å²) in [6.45, 7) is 0. The van der Waals surface area contributed by atoms with Gasteiger partial charge < -0.3 is 4.52 Å². The summed E-state index contributed by atoms with van der Waals surface area (Å²) in [5, 5.41) is 7.93. The number of alkyl halides is 2. The first-order valence-corrected chi connectivity index (χ1v) is 6.66. The second-order valence-electron chi connectivity index (χ2n) is 4.81. The van der Waals surface area contributed by atoms with Crippen molar-refractivity contribution in [3.05, 3.63) is 47.9 Å². The van der Waals surface area contributed by atoms with Gasteiger partial charge in [-0.15, -0.1) is 0 Å². The largest absolute Gasteiger partial charge is 0.339 e. The van der Waals surface area contributed by atoms with Crippen LogP contribution in [0.1, 0.15) is 23.6 Å². The van der Waals surface area contributed by atoms with Crippen LogP contribution in [-0.2, 0) is 19.9 Å². The molecule has 8 heteroatoms. The van der Waals surface area contributed by atoms with E-state index in [0.717, 1.165) is 12.0 Å². The maximum absolute atomic E-state index is 12.4. The van der Waals surface area contributed by atoms with Crippen molar-refractivity contribution in [2.24, 2.45) is 7.05 Å². The van der Waals surface area contributed by atoms with Gasteiger partial charge in [0, 0.05) is 31.4 Å². The van der Waals surface area contributed by atoms with Crippen LogP contribution >= 0.6 is 0 Å². The van der Waals surface area contributed by atoms with Gasteiger partial charge in [0.15, 0.2) is 0 Å². The highest BCUT2D eigenvalue weighted by Crippen LogP contribution is 2.20. The van der Waals surface area contributed by atoms with Gasteiger partial charge in [0.1, 0.15) is 5.69 Å². The number of aryl methyl sites for hydroxylation is 3. The predicted octanol–water partition coefficient (Wildman–Crippen LogP) is 2.59. The normalized spacial score (nSPS) is 11.3. The van der Waals surface area contributed by atoms with Gasteiger partial charge in [-0.3, -0.25) is 9.67 Å². The fourth-order valence-corrected chi connectivity index (χ4v) is 1.99. The summed E-state index contributed by atoms with van der Waals surface area (Å²) in [5.74, 6) is 0.825. The molecule has 0 aliphatic rings. The molecule has 3 aromatic heterocycles. The van der Waals surface area contributed by atoms with Crippen molar-refractivity contribution in [2.45, 2.75) is 19.3 Å². The summed E-state index contributed by atoms with van der Waals surface area (Å²) in [7, 11) is 1.85. The lowest BCUT2D eigenvalue weighted by Crippen LogP contribution is -1.92. The minimum atomic E-state index is -2.59. The molecule has 0 radical (unpaired) electrons. The summed E-state index contributed by atoms with van der Waals surface area (Å²) in [5.41, 5.74) is 1.34. The minimum Gasteiger partial charge on any atom is -0.339 e. The van der Waals surface area contributed by atoms with Crippen LogP contribution in [0.4, 0.5) is 8.78 Å². The monoisotopic (exact) mass is 305 g/mol. The summed E-state index contributed by atoms with van der Waals surface area (Å²) in [6.07, 6.45) is 3.75. The van der Waals surface area contributed by atoms with Gasteiger partial charge in [0.2, 0.25) is 11.7 Å². The highest BCUT2D eigenvalue weighted by atomic mass is 19.3. The summed E-state index contributed by atoms with van der Waals surface area (Å²) in [6, 6.07) is 2.76. The Bertz CT molecular complexity index is 751. The van der Waals surface area contributed by atoms with Gasteiger partial charge in [0.05, 0.1) is 6.20 Å². The van der Waals surface area contributed by atoms with Crippen LogP contribution < -0.4 is 0 Å². The number of hydrogen-bond donors (Lipinski definition) is 0. The van der Waals surface area contributed by atoms with Crippen LogP contribution in [0.15, 0.2) is 35.2 Å². The van der Waals surface area contributed by atoms with Crippen molar-refractivity contribution in [2.75, 3.05) is 0 Å². The number of pyridine rings is 1. The first kappa shape index (κ1) is 14.3. The summed E-state index contributed by atoms with van der Waals surface area (Å²) < 4.78 is 31.8. The molecular weight excluding hydrogens is 292 g/mol. The summed E-state index contributed by atoms with van der Waals surface area (Å²) >= 11 is 0. The molecule has 22 heavy (non-hydrogen) atoms. The van der Waals surface area contributed by atoms with Crippen LogP contribution in [0, 0.1) is 0 Å². The van der Waals surface area contributed by atoms with E-state index >= 15 is 0 Å². The van der Waals surface area contributed by atoms with E-state index in [1.165, 1.54) is 18.3 Å². The number of nitrogens with zero attached hydrogens (tertiary/aromatic N) is 5. The van der Waals surface area contributed by atoms with Crippen molar-refractivity contribution in [1.82, 2.24) is 24.9 Å². The van der Waals surface area contributed by atoms with Crippen LogP contribution in [-0.4, -0.2) is 24.9 Å². The van der Waals surface area contributed by atoms with Crippen LogP contribution in [0.3, 0.4) is 0 Å². The average molecular weight is 305 g/mol. The lowest BCUT2D eigenvalue weighted by atomic mass is 10.2. The van der Waals surface area contributed by atoms with Gasteiger partial charge in [-0.2, -0.15) is 10.1 Å². The molecule has 0 aromatic carbocycles. The third kappa shape index (κ3) is 3.16. The smallest absolute Gasteiger partial charge is 0.280 e. The van der Waals surface area contributed by atoms with E-state index in [1.54, 1.807) is 10.9 Å². The maximum Gasteiger partial charge on any atom is 0.280 e. The minimum absolute atomic E-state index is 0.274. The average Bonchev–Trinajstić information content (AvgIpc) is 3.14. The fourth-order valence-electron chi connectivity index (χ4n) is 1.99. The zero-order valence-corrected chi connectivity index (χ0v) is 11.8. The molecule has 0 aliphatic carbocycles. The Kier molecular flexibility index (Phi) is 3.90. The second-order valence-corrected chi connectivity index (χ2v) is 4.81. The van der Waals surface area contributed by atoms with E-state index in [4.69, 9.17) is 4.52 Å². The van der Waals surface area contributed by atoms with Crippen LogP contribution in [0.5, 0.6) is 0 Å². The Morgan fingerprint density at radius 2 is 2.09 bits per heavy atom. The standard InChI is InChI=1S/C14H13F2N5O/c1-21-8-9(6-18-21)2-5-12-19-14(20-22-12)10-3-4-11(13(15)16)17-7-10/h3-4,6-8,13H,2,5H2,1H3. The van der Waals surface area contributed by atoms with Gasteiger partial charge in [0.25, 0.3) is 6.43 Å². The van der Waals surface area contributed by atoms with E-state index < -0.39 is 6.43 Å². The number of aromatic nitrogens is 5. The Morgan fingerprint density at radius 1 is 1.23 bits per heavy atom. The molecule has 0 amide bonds. The Labute approximate surface area is 124 Å². The first-order chi connectivity index (χ1) is 10.6. The Balaban J connectivity index is 1.67. The SMILES string of the molecule is Cn1cc(CCc2nc(-c3ccc(C(F)F)nc3)no2)cn1. The topological polar surface area (TPSA) is 69.6 Å². The quantitative estimate of drug-likeness (QED) is 0.724. The van der Waals surface area contributed by atoms with Crippen LogP contribution in [0.2, 0.25) is 0 Å². The third-order valence-electron chi connectivity index (χ3n) is 3.12. The lowest BCUT2D eigenvalue weighted by molar-refractivity contribution is 0.146. The number of hydrogen-bond acceptors (Lipinski definition) is 5. The van der Waals surface area contributed by atoms with E-state index in [1.807, 2.05) is 13.2 Å². The summed E-state index contributed by atoms with van der Waals surface area (Å²) in [4.78, 5) is 7.92. The van der Waals surface area contributed by atoms with Crippen molar-refractivity contribution >= 4 is 0 Å². The molecule has 6 nitrogen and oxygen atoms in total. The molecule has 114 valence electrons. The molecule has 0 atom stereocenters. The van der Waals surface area contributed by atoms with E-state index in [-0.39, 0.29) is 5.69 Å². The molecule has 0 N–H and O–H groups in total. The fraction of sp³-hybridized carbons (Fsp3) is 0.286. The zero-order chi connectivity index (χ0) is 15.5. The number of rotatable bonds is 5. The first-order valence-electron chi connectivity index (χ1n) is 6.66. The van der Waals surface area contributed by atoms with Gasteiger partial charge in [-0.25, -0.2) is 8.78 Å². The van der Waals surface area contributed by atoms with Gasteiger partial charge in [-0.1, -0.05) is 5.16 Å². The molecule has 3 rings (SSSR count). The van der Waals surface area contributed by atoms with Gasteiger partial charge >= 0.3 is 0 Å². The molecule has 0 aliphatic heterocycles. The highest BCUT2D eigenvalue weighted by molar-refractivity contribution is 5.52. The van der Waals surface area contributed by atoms with Crippen molar-refractivity contribution < 1.29 is 13.3 Å². The molecule has 3 heterocycles. The van der Waals surface area contributed by atoms with E-state index in [9.17, 15) is 8.78 Å². The van der Waals surface area contributed by atoms with E-state index in [2.05, 4.69) is 20.2 Å². The zero-order valence-electron chi connectivity index (χ0n) is 11.8. The van der Waals surface area contributed by atoms with Crippen LogP contribution in [0.25, 0.3) is 11.4 Å².